The summed E-state index contributed by atoms with van der Waals surface area (Å²) in [4.78, 5) is 12.3. The molecular weight excluding hydrogens is 284 g/mol. The Morgan fingerprint density at radius 1 is 1.17 bits per heavy atom. The molecular formula is C21H32O2. The summed E-state index contributed by atoms with van der Waals surface area (Å²) in [6, 6.07) is 4.16. The molecule has 0 saturated carbocycles. The third kappa shape index (κ3) is 4.04. The van der Waals surface area contributed by atoms with Crippen molar-refractivity contribution in [1.29, 1.82) is 0 Å². The summed E-state index contributed by atoms with van der Waals surface area (Å²) in [5.41, 5.74) is 4.70. The molecule has 1 aromatic carbocycles. The van der Waals surface area contributed by atoms with Gasteiger partial charge in [0.15, 0.2) is 5.78 Å². The van der Waals surface area contributed by atoms with E-state index in [0.717, 1.165) is 24.2 Å². The lowest BCUT2D eigenvalue weighted by molar-refractivity contribution is 0.0984. The van der Waals surface area contributed by atoms with E-state index in [0.29, 0.717) is 13.0 Å². The van der Waals surface area contributed by atoms with Crippen LogP contribution in [-0.2, 0) is 5.41 Å². The molecule has 0 bridgehead atoms. The summed E-state index contributed by atoms with van der Waals surface area (Å²) in [5.74, 6) is 0.897. The number of allylic oxidation sites excluding steroid dienone is 2. The minimum atomic E-state index is 0.0909. The van der Waals surface area contributed by atoms with Gasteiger partial charge in [0.05, 0.1) is 12.2 Å². The quantitative estimate of drug-likeness (QED) is 0.606. The molecule has 1 aromatic rings. The molecule has 1 aliphatic carbocycles. The number of carbonyl (C=O) groups is 1. The van der Waals surface area contributed by atoms with Crippen molar-refractivity contribution in [3.63, 3.8) is 0 Å². The number of Topliss-reactive ketones (excluding diaryl/α,β-unsaturated/α-hetero) is 1. The Kier molecular flexibility index (Phi) is 7.05. The number of hydrogen-bond donors (Lipinski definition) is 0. The molecule has 2 rings (SSSR count). The summed E-state index contributed by atoms with van der Waals surface area (Å²) in [6.45, 7) is 15.1. The van der Waals surface area contributed by atoms with E-state index in [2.05, 4.69) is 39.0 Å². The second kappa shape index (κ2) is 8.33. The first-order chi connectivity index (χ1) is 10.9. The number of rotatable bonds is 5. The Labute approximate surface area is 141 Å². The molecule has 128 valence electrons. The van der Waals surface area contributed by atoms with Crippen LogP contribution in [0.1, 0.15) is 89.2 Å². The summed E-state index contributed by atoms with van der Waals surface area (Å²) >= 11 is 0. The zero-order chi connectivity index (χ0) is 17.6. The van der Waals surface area contributed by atoms with Crippen molar-refractivity contribution in [1.82, 2.24) is 0 Å². The highest BCUT2D eigenvalue weighted by atomic mass is 16.5. The van der Waals surface area contributed by atoms with Crippen molar-refractivity contribution < 1.29 is 9.53 Å². The van der Waals surface area contributed by atoms with Gasteiger partial charge in [-0.2, -0.15) is 0 Å². The van der Waals surface area contributed by atoms with Gasteiger partial charge in [0.25, 0.3) is 0 Å². The van der Waals surface area contributed by atoms with Crippen LogP contribution in [0.2, 0.25) is 0 Å². The molecule has 0 unspecified atom stereocenters. The van der Waals surface area contributed by atoms with Crippen LogP contribution in [0.25, 0.3) is 5.57 Å². The number of hydrogen-bond acceptors (Lipinski definition) is 2. The van der Waals surface area contributed by atoms with Crippen LogP contribution in [0.4, 0.5) is 0 Å². The zero-order valence-corrected chi connectivity index (χ0v) is 15.9. The highest BCUT2D eigenvalue weighted by Gasteiger charge is 2.30. The molecule has 0 N–H and O–H groups in total. The van der Waals surface area contributed by atoms with E-state index in [9.17, 15) is 4.79 Å². The van der Waals surface area contributed by atoms with E-state index in [1.165, 1.54) is 16.7 Å². The van der Waals surface area contributed by atoms with Crippen molar-refractivity contribution >= 4 is 11.4 Å². The molecule has 2 nitrogen and oxygen atoms in total. The van der Waals surface area contributed by atoms with Crippen LogP contribution >= 0.6 is 0 Å². The van der Waals surface area contributed by atoms with Gasteiger partial charge in [-0.25, -0.2) is 0 Å². The van der Waals surface area contributed by atoms with Crippen LogP contribution in [0.5, 0.6) is 5.75 Å². The third-order valence-corrected chi connectivity index (χ3v) is 4.36. The van der Waals surface area contributed by atoms with Crippen LogP contribution in [0.15, 0.2) is 18.2 Å². The third-order valence-electron chi connectivity index (χ3n) is 4.36. The van der Waals surface area contributed by atoms with Crippen LogP contribution in [-0.4, -0.2) is 12.4 Å². The minimum Gasteiger partial charge on any atom is -0.493 e. The molecule has 0 radical (unpaired) electrons. The molecule has 0 spiro atoms. The van der Waals surface area contributed by atoms with Gasteiger partial charge in [-0.05, 0) is 54.0 Å². The smallest absolute Gasteiger partial charge is 0.166 e. The fraction of sp³-hybridized carbons (Fsp3) is 0.571. The molecule has 0 fully saturated rings. The van der Waals surface area contributed by atoms with Gasteiger partial charge in [0, 0.05) is 6.42 Å². The first-order valence-corrected chi connectivity index (χ1v) is 8.98. The maximum atomic E-state index is 12.3. The Morgan fingerprint density at radius 3 is 2.35 bits per heavy atom. The minimum absolute atomic E-state index is 0.0909. The van der Waals surface area contributed by atoms with Crippen molar-refractivity contribution in [3.8, 4) is 5.75 Å². The Balaban J connectivity index is 0.00000127. The molecule has 0 aliphatic heterocycles. The normalized spacial score (nSPS) is 15.0. The van der Waals surface area contributed by atoms with Crippen molar-refractivity contribution in [3.05, 3.63) is 34.9 Å². The van der Waals surface area contributed by atoms with Crippen LogP contribution in [0, 0.1) is 0 Å². The Bertz CT molecular complexity index is 580. The molecule has 0 atom stereocenters. The maximum absolute atomic E-state index is 12.3. The lowest BCUT2D eigenvalue weighted by Crippen LogP contribution is -2.22. The largest absolute Gasteiger partial charge is 0.493 e. The van der Waals surface area contributed by atoms with E-state index in [1.54, 1.807) is 0 Å². The Morgan fingerprint density at radius 2 is 1.83 bits per heavy atom. The van der Waals surface area contributed by atoms with Gasteiger partial charge in [0.2, 0.25) is 0 Å². The van der Waals surface area contributed by atoms with Gasteiger partial charge < -0.3 is 4.74 Å². The van der Waals surface area contributed by atoms with Gasteiger partial charge in [-0.1, -0.05) is 47.6 Å². The molecule has 0 heterocycles. The van der Waals surface area contributed by atoms with Gasteiger partial charge in [-0.15, -0.1) is 0 Å². The number of ether oxygens (including phenoxy) is 1. The fourth-order valence-electron chi connectivity index (χ4n) is 3.02. The summed E-state index contributed by atoms with van der Waals surface area (Å²) in [6.07, 6.45) is 4.86. The standard InChI is InChI=1S/C19H26O2.C2H6/c1-6-13-9-10-19(4,5)16-12-18(21-8-3)15(11-14(13)16)17(20)7-2;1-2/h9,11-12H,6-8,10H2,1-5H3;1-2H3. The lowest BCUT2D eigenvalue weighted by Gasteiger charge is -2.33. The topological polar surface area (TPSA) is 26.3 Å². The second-order valence-electron chi connectivity index (χ2n) is 6.27. The molecule has 1 aliphatic rings. The number of ketones is 1. The van der Waals surface area contributed by atoms with Gasteiger partial charge in [0.1, 0.15) is 5.75 Å². The second-order valence-corrected chi connectivity index (χ2v) is 6.27. The average Bonchev–Trinajstić information content (AvgIpc) is 2.56. The highest BCUT2D eigenvalue weighted by molar-refractivity contribution is 5.99. The van der Waals surface area contributed by atoms with Crippen LogP contribution in [0.3, 0.4) is 0 Å². The average molecular weight is 316 g/mol. The van der Waals surface area contributed by atoms with Gasteiger partial charge in [-0.3, -0.25) is 4.79 Å². The highest BCUT2D eigenvalue weighted by Crippen LogP contribution is 2.43. The van der Waals surface area contributed by atoms with Crippen molar-refractivity contribution in [2.75, 3.05) is 6.61 Å². The Hall–Kier alpha value is -1.57. The van der Waals surface area contributed by atoms with E-state index in [1.807, 2.05) is 27.7 Å². The van der Waals surface area contributed by atoms with Crippen molar-refractivity contribution in [2.45, 2.75) is 73.1 Å². The van der Waals surface area contributed by atoms with Crippen LogP contribution < -0.4 is 4.74 Å². The van der Waals surface area contributed by atoms with Gasteiger partial charge >= 0.3 is 0 Å². The monoisotopic (exact) mass is 316 g/mol. The van der Waals surface area contributed by atoms with E-state index in [-0.39, 0.29) is 11.2 Å². The maximum Gasteiger partial charge on any atom is 0.166 e. The first kappa shape index (κ1) is 19.5. The molecule has 0 amide bonds. The van der Waals surface area contributed by atoms with E-state index >= 15 is 0 Å². The number of benzene rings is 1. The molecule has 2 heteroatoms. The fourth-order valence-corrected chi connectivity index (χ4v) is 3.02. The summed E-state index contributed by atoms with van der Waals surface area (Å²) in [7, 11) is 0. The summed E-state index contributed by atoms with van der Waals surface area (Å²) in [5, 5.41) is 0. The predicted octanol–water partition coefficient (Wildman–Crippen LogP) is 6.18. The van der Waals surface area contributed by atoms with E-state index < -0.39 is 0 Å². The number of carbonyl (C=O) groups excluding carboxylic acids is 1. The zero-order valence-electron chi connectivity index (χ0n) is 15.9. The first-order valence-electron chi connectivity index (χ1n) is 8.98. The predicted molar refractivity (Wildman–Crippen MR) is 99.5 cm³/mol. The summed E-state index contributed by atoms with van der Waals surface area (Å²) < 4.78 is 5.75. The SMILES string of the molecule is CC.CCOc1cc2c(cc1C(=O)CC)C(CC)=CCC2(C)C. The molecule has 0 saturated heterocycles. The lowest BCUT2D eigenvalue weighted by atomic mass is 9.72. The van der Waals surface area contributed by atoms with Crippen molar-refractivity contribution in [2.24, 2.45) is 0 Å². The molecule has 0 aromatic heterocycles. The van der Waals surface area contributed by atoms with E-state index in [4.69, 9.17) is 4.74 Å². The molecule has 23 heavy (non-hydrogen) atoms. The number of fused-ring (bicyclic) bond motifs is 1.